The first kappa shape index (κ1) is 27.2. The highest BCUT2D eigenvalue weighted by Crippen LogP contribution is 2.35. The lowest BCUT2D eigenvalue weighted by Crippen LogP contribution is -2.55. The van der Waals surface area contributed by atoms with Crippen LogP contribution in [0.1, 0.15) is 45.6 Å². The Morgan fingerprint density at radius 1 is 1.17 bits per heavy atom. The van der Waals surface area contributed by atoms with Crippen molar-refractivity contribution in [1.82, 2.24) is 5.32 Å². The van der Waals surface area contributed by atoms with Gasteiger partial charge in [0.25, 0.3) is 0 Å². The second kappa shape index (κ2) is 11.6. The number of ether oxygens (including phenoxy) is 2. The molecular formula is C28H34ClN3O4. The summed E-state index contributed by atoms with van der Waals surface area (Å²) in [5, 5.41) is 6.83. The van der Waals surface area contributed by atoms with E-state index in [0.29, 0.717) is 28.3 Å². The topological polar surface area (TPSA) is 79.9 Å². The van der Waals surface area contributed by atoms with Gasteiger partial charge in [0, 0.05) is 29.9 Å². The molecule has 1 fully saturated rings. The molecule has 8 heteroatoms. The van der Waals surface area contributed by atoms with Gasteiger partial charge in [-0.3, -0.25) is 14.5 Å². The minimum atomic E-state index is -0.896. The maximum absolute atomic E-state index is 13.6. The first-order valence-electron chi connectivity index (χ1n) is 11.9. The highest BCUT2D eigenvalue weighted by molar-refractivity contribution is 6.33. The highest BCUT2D eigenvalue weighted by atomic mass is 35.5. The number of methoxy groups -OCH3 is 2. The van der Waals surface area contributed by atoms with E-state index in [1.807, 2.05) is 32.9 Å². The third kappa shape index (κ3) is 6.24. The number of carbonyl (C=O) groups is 2. The fourth-order valence-corrected chi connectivity index (χ4v) is 4.40. The number of nitrogens with zero attached hydrogens (tertiary/aromatic N) is 1. The SMILES string of the molecule is C#CC(=O)N(c1ccc(NC2CCC2)c(Cl)c1)C(C(=O)NCc1ccc(OC)cc1OC)C(C)(C)C. The summed E-state index contributed by atoms with van der Waals surface area (Å²) >= 11 is 6.57. The van der Waals surface area contributed by atoms with Crippen molar-refractivity contribution in [3.8, 4) is 23.8 Å². The van der Waals surface area contributed by atoms with E-state index < -0.39 is 17.4 Å². The van der Waals surface area contributed by atoms with Gasteiger partial charge in [0.15, 0.2) is 0 Å². The molecule has 0 bridgehead atoms. The second-order valence-electron chi connectivity index (χ2n) is 9.92. The molecule has 2 aromatic rings. The fourth-order valence-electron chi connectivity index (χ4n) is 4.17. The zero-order chi connectivity index (χ0) is 26.5. The average Bonchev–Trinajstić information content (AvgIpc) is 2.82. The lowest BCUT2D eigenvalue weighted by molar-refractivity contribution is -0.127. The molecule has 0 aliphatic heterocycles. The second-order valence-corrected chi connectivity index (χ2v) is 10.3. The van der Waals surface area contributed by atoms with Crippen LogP contribution in [-0.4, -0.2) is 38.1 Å². The number of terminal acetylenes is 1. The van der Waals surface area contributed by atoms with E-state index in [1.165, 1.54) is 11.3 Å². The van der Waals surface area contributed by atoms with E-state index in [1.54, 1.807) is 38.5 Å². The summed E-state index contributed by atoms with van der Waals surface area (Å²) in [5.41, 5.74) is 1.38. The van der Waals surface area contributed by atoms with Crippen molar-refractivity contribution in [2.24, 2.45) is 5.41 Å². The quantitative estimate of drug-likeness (QED) is 0.462. The molecule has 2 N–H and O–H groups in total. The van der Waals surface area contributed by atoms with Gasteiger partial charge in [0.05, 0.1) is 24.9 Å². The molecule has 1 unspecified atom stereocenters. The number of rotatable bonds is 9. The van der Waals surface area contributed by atoms with Gasteiger partial charge < -0.3 is 20.1 Å². The normalized spacial score (nSPS) is 14.1. The van der Waals surface area contributed by atoms with Crippen LogP contribution >= 0.6 is 11.6 Å². The van der Waals surface area contributed by atoms with Crippen LogP contribution < -0.4 is 25.0 Å². The summed E-state index contributed by atoms with van der Waals surface area (Å²) in [4.78, 5) is 27.9. The first-order chi connectivity index (χ1) is 17.1. The largest absolute Gasteiger partial charge is 0.497 e. The van der Waals surface area contributed by atoms with Crippen molar-refractivity contribution >= 4 is 34.8 Å². The average molecular weight is 512 g/mol. The molecule has 0 saturated heterocycles. The van der Waals surface area contributed by atoms with Crippen molar-refractivity contribution in [3.63, 3.8) is 0 Å². The monoisotopic (exact) mass is 511 g/mol. The Balaban J connectivity index is 1.89. The van der Waals surface area contributed by atoms with E-state index >= 15 is 0 Å². The Morgan fingerprint density at radius 2 is 1.89 bits per heavy atom. The Hall–Kier alpha value is -3.37. The predicted octanol–water partition coefficient (Wildman–Crippen LogP) is 5.02. The van der Waals surface area contributed by atoms with Gasteiger partial charge in [-0.1, -0.05) is 32.4 Å². The van der Waals surface area contributed by atoms with Crippen LogP contribution in [0.2, 0.25) is 5.02 Å². The van der Waals surface area contributed by atoms with Crippen LogP contribution in [-0.2, 0) is 16.1 Å². The van der Waals surface area contributed by atoms with Crippen molar-refractivity contribution in [1.29, 1.82) is 0 Å². The minimum Gasteiger partial charge on any atom is -0.497 e. The Bertz CT molecular complexity index is 1150. The molecule has 0 radical (unpaired) electrons. The Labute approximate surface area is 218 Å². The molecule has 1 aliphatic carbocycles. The van der Waals surface area contributed by atoms with Crippen molar-refractivity contribution in [2.75, 3.05) is 24.4 Å². The molecule has 192 valence electrons. The summed E-state index contributed by atoms with van der Waals surface area (Å²) < 4.78 is 10.7. The van der Waals surface area contributed by atoms with E-state index in [-0.39, 0.29) is 12.5 Å². The number of amides is 2. The third-order valence-corrected chi connectivity index (χ3v) is 6.62. The van der Waals surface area contributed by atoms with Crippen molar-refractivity contribution in [2.45, 2.75) is 58.7 Å². The van der Waals surface area contributed by atoms with Gasteiger partial charge in [0.1, 0.15) is 17.5 Å². The molecule has 36 heavy (non-hydrogen) atoms. The predicted molar refractivity (Wildman–Crippen MR) is 144 cm³/mol. The molecular weight excluding hydrogens is 478 g/mol. The van der Waals surface area contributed by atoms with Gasteiger partial charge in [-0.05, 0) is 60.9 Å². The molecule has 2 aromatic carbocycles. The van der Waals surface area contributed by atoms with Crippen molar-refractivity contribution < 1.29 is 19.1 Å². The minimum absolute atomic E-state index is 0.196. The van der Waals surface area contributed by atoms with E-state index in [4.69, 9.17) is 27.5 Å². The van der Waals surface area contributed by atoms with Gasteiger partial charge >= 0.3 is 5.91 Å². The maximum atomic E-state index is 13.6. The van der Waals surface area contributed by atoms with E-state index in [0.717, 1.165) is 24.1 Å². The summed E-state index contributed by atoms with van der Waals surface area (Å²) in [5.74, 6) is 2.43. The number of hydrogen-bond acceptors (Lipinski definition) is 5. The molecule has 1 atom stereocenters. The zero-order valence-electron chi connectivity index (χ0n) is 21.5. The molecule has 1 aliphatic rings. The number of benzene rings is 2. The lowest BCUT2D eigenvalue weighted by Gasteiger charge is -2.38. The lowest BCUT2D eigenvalue weighted by atomic mass is 9.84. The molecule has 7 nitrogen and oxygen atoms in total. The van der Waals surface area contributed by atoms with Crippen LogP contribution in [0.3, 0.4) is 0 Å². The number of halogens is 1. The Kier molecular flexibility index (Phi) is 8.75. The molecule has 0 aromatic heterocycles. The van der Waals surface area contributed by atoms with E-state index in [9.17, 15) is 9.59 Å². The zero-order valence-corrected chi connectivity index (χ0v) is 22.2. The van der Waals surface area contributed by atoms with Crippen LogP contribution in [0.4, 0.5) is 11.4 Å². The molecule has 2 amide bonds. The molecule has 0 spiro atoms. The van der Waals surface area contributed by atoms with Crippen LogP contribution in [0, 0.1) is 17.8 Å². The number of carbonyl (C=O) groups excluding carboxylic acids is 2. The van der Waals surface area contributed by atoms with Crippen LogP contribution in [0.5, 0.6) is 11.5 Å². The summed E-state index contributed by atoms with van der Waals surface area (Å²) in [7, 11) is 3.13. The van der Waals surface area contributed by atoms with Gasteiger partial charge in [0.2, 0.25) is 5.91 Å². The van der Waals surface area contributed by atoms with Gasteiger partial charge in [-0.2, -0.15) is 0 Å². The molecule has 1 saturated carbocycles. The van der Waals surface area contributed by atoms with Gasteiger partial charge in [-0.25, -0.2) is 0 Å². The van der Waals surface area contributed by atoms with E-state index in [2.05, 4.69) is 16.6 Å². The summed E-state index contributed by atoms with van der Waals surface area (Å²) in [6.45, 7) is 5.85. The maximum Gasteiger partial charge on any atom is 0.303 e. The first-order valence-corrected chi connectivity index (χ1v) is 12.3. The van der Waals surface area contributed by atoms with Crippen molar-refractivity contribution in [3.05, 3.63) is 47.0 Å². The van der Waals surface area contributed by atoms with Crippen LogP contribution in [0.25, 0.3) is 0 Å². The standard InChI is InChI=1S/C28H34ClN3O4/c1-7-25(33)32(20-12-14-23(22(29)15-20)31-19-9-8-10-19)26(28(2,3)4)27(34)30-17-18-11-13-21(35-5)16-24(18)36-6/h1,11-16,19,26,31H,8-10,17H2,2-6H3,(H,30,34). The van der Waals surface area contributed by atoms with Gasteiger partial charge in [-0.15, -0.1) is 6.42 Å². The Morgan fingerprint density at radius 3 is 2.42 bits per heavy atom. The third-order valence-electron chi connectivity index (χ3n) is 6.31. The smallest absolute Gasteiger partial charge is 0.303 e. The summed E-state index contributed by atoms with van der Waals surface area (Å²) in [6.07, 6.45) is 8.94. The number of nitrogens with one attached hydrogen (secondary N) is 2. The molecule has 0 heterocycles. The number of hydrogen-bond donors (Lipinski definition) is 2. The van der Waals surface area contributed by atoms with Crippen LogP contribution in [0.15, 0.2) is 36.4 Å². The fraction of sp³-hybridized carbons (Fsp3) is 0.429. The highest BCUT2D eigenvalue weighted by Gasteiger charge is 2.40. The molecule has 3 rings (SSSR count). The number of anilines is 2. The summed E-state index contributed by atoms with van der Waals surface area (Å²) in [6, 6.07) is 10.1.